The van der Waals surface area contributed by atoms with Crippen molar-refractivity contribution in [1.82, 2.24) is 0 Å². The molecule has 2 rings (SSSR count). The number of methoxy groups -OCH3 is 2. The van der Waals surface area contributed by atoms with Gasteiger partial charge in [-0.1, -0.05) is 24.3 Å². The molecule has 0 aliphatic rings. The van der Waals surface area contributed by atoms with Crippen molar-refractivity contribution in [3.8, 4) is 11.5 Å². The highest BCUT2D eigenvalue weighted by Crippen LogP contribution is 2.16. The monoisotopic (exact) mass is 362 g/mol. The summed E-state index contributed by atoms with van der Waals surface area (Å²) in [6.07, 6.45) is 0. The van der Waals surface area contributed by atoms with E-state index >= 15 is 0 Å². The van der Waals surface area contributed by atoms with E-state index in [0.717, 1.165) is 0 Å². The van der Waals surface area contributed by atoms with E-state index in [1.54, 1.807) is 24.3 Å². The summed E-state index contributed by atoms with van der Waals surface area (Å²) in [5, 5.41) is 0. The Morgan fingerprint density at radius 2 is 1.20 bits per heavy atom. The van der Waals surface area contributed by atoms with Crippen LogP contribution in [0.3, 0.4) is 0 Å². The van der Waals surface area contributed by atoms with Crippen molar-refractivity contribution >= 4 is 21.4 Å². The lowest BCUT2D eigenvalue weighted by atomic mass is 10.1. The Hall–Kier alpha value is -2.67. The second-order valence-electron chi connectivity index (χ2n) is 5.34. The zero-order valence-corrected chi connectivity index (χ0v) is 14.7. The molecule has 0 amide bonds. The first-order valence-electron chi connectivity index (χ1n) is 7.39. The summed E-state index contributed by atoms with van der Waals surface area (Å²) in [6.45, 7) is 0. The van der Waals surface area contributed by atoms with E-state index in [9.17, 15) is 18.0 Å². The fourth-order valence-corrected chi connectivity index (χ4v) is 3.44. The van der Waals surface area contributed by atoms with Crippen LogP contribution in [0.25, 0.3) is 0 Å². The van der Waals surface area contributed by atoms with Crippen LogP contribution in [-0.2, 0) is 9.84 Å². The van der Waals surface area contributed by atoms with Gasteiger partial charge in [0.25, 0.3) is 0 Å². The van der Waals surface area contributed by atoms with Crippen molar-refractivity contribution < 1.29 is 27.5 Å². The number of carbonyl (C=O) groups is 2. The topological polar surface area (TPSA) is 86.7 Å². The first kappa shape index (κ1) is 18.7. The summed E-state index contributed by atoms with van der Waals surface area (Å²) in [5.74, 6) is -1.74. The Balaban J connectivity index is 2.10. The summed E-state index contributed by atoms with van der Waals surface area (Å²) in [7, 11) is -0.993. The molecule has 0 heterocycles. The molecule has 6 nitrogen and oxygen atoms in total. The molecule has 0 aliphatic carbocycles. The van der Waals surface area contributed by atoms with Gasteiger partial charge in [-0.2, -0.15) is 0 Å². The quantitative estimate of drug-likeness (QED) is 0.669. The minimum Gasteiger partial charge on any atom is -0.497 e. The average Bonchev–Trinajstić information content (AvgIpc) is 2.61. The molecule has 0 bridgehead atoms. The van der Waals surface area contributed by atoms with Crippen LogP contribution in [0.1, 0.15) is 20.7 Å². The van der Waals surface area contributed by atoms with Crippen LogP contribution in [0.4, 0.5) is 0 Å². The molecule has 132 valence electrons. The van der Waals surface area contributed by atoms with Gasteiger partial charge in [0.05, 0.1) is 14.2 Å². The summed E-state index contributed by atoms with van der Waals surface area (Å²) >= 11 is 0. The average molecular weight is 362 g/mol. The molecular formula is C18H18O6S. The van der Waals surface area contributed by atoms with E-state index in [2.05, 4.69) is 0 Å². The Morgan fingerprint density at radius 3 is 1.56 bits per heavy atom. The minimum atomic E-state index is -3.90. The number of sulfone groups is 1. The van der Waals surface area contributed by atoms with Crippen LogP contribution >= 0.6 is 0 Å². The third-order valence-electron chi connectivity index (χ3n) is 3.49. The minimum absolute atomic E-state index is 0.219. The Kier molecular flexibility index (Phi) is 5.93. The SMILES string of the molecule is COc1cccc(C(=O)CS(=O)(=O)CC(=O)c2cccc(OC)c2)c1. The van der Waals surface area contributed by atoms with Crippen molar-refractivity contribution in [2.45, 2.75) is 0 Å². The predicted molar refractivity (Wildman–Crippen MR) is 93.3 cm³/mol. The van der Waals surface area contributed by atoms with Crippen molar-refractivity contribution in [2.75, 3.05) is 25.7 Å². The highest BCUT2D eigenvalue weighted by atomic mass is 32.2. The van der Waals surface area contributed by atoms with Crippen LogP contribution in [0.2, 0.25) is 0 Å². The lowest BCUT2D eigenvalue weighted by molar-refractivity contribution is 0.102. The lowest BCUT2D eigenvalue weighted by Gasteiger charge is -2.06. The number of rotatable bonds is 8. The van der Waals surface area contributed by atoms with Crippen LogP contribution in [0.15, 0.2) is 48.5 Å². The lowest BCUT2D eigenvalue weighted by Crippen LogP contribution is -2.24. The molecule has 25 heavy (non-hydrogen) atoms. The van der Waals surface area contributed by atoms with Gasteiger partial charge in [0, 0.05) is 11.1 Å². The van der Waals surface area contributed by atoms with Gasteiger partial charge in [-0.05, 0) is 24.3 Å². The van der Waals surface area contributed by atoms with Gasteiger partial charge in [-0.15, -0.1) is 0 Å². The van der Waals surface area contributed by atoms with Crippen LogP contribution < -0.4 is 9.47 Å². The second kappa shape index (κ2) is 7.94. The fraction of sp³-hybridized carbons (Fsp3) is 0.222. The molecular weight excluding hydrogens is 344 g/mol. The van der Waals surface area contributed by atoms with E-state index in [-0.39, 0.29) is 11.1 Å². The molecule has 2 aromatic rings. The standard InChI is InChI=1S/C18H18O6S/c1-23-15-7-3-5-13(9-15)17(19)11-25(21,22)12-18(20)14-6-4-8-16(10-14)24-2/h3-10H,11-12H2,1-2H3. The zero-order valence-electron chi connectivity index (χ0n) is 13.9. The first-order valence-corrected chi connectivity index (χ1v) is 9.21. The zero-order chi connectivity index (χ0) is 18.4. The Morgan fingerprint density at radius 1 is 0.800 bits per heavy atom. The molecule has 0 saturated heterocycles. The highest BCUT2D eigenvalue weighted by Gasteiger charge is 2.23. The molecule has 0 unspecified atom stereocenters. The molecule has 7 heteroatoms. The van der Waals surface area contributed by atoms with E-state index < -0.39 is 32.9 Å². The molecule has 2 aromatic carbocycles. The van der Waals surface area contributed by atoms with Crippen LogP contribution in [0, 0.1) is 0 Å². The predicted octanol–water partition coefficient (Wildman–Crippen LogP) is 2.18. The third-order valence-corrected chi connectivity index (χ3v) is 4.89. The number of hydrogen-bond acceptors (Lipinski definition) is 6. The largest absolute Gasteiger partial charge is 0.497 e. The van der Waals surface area contributed by atoms with Gasteiger partial charge in [-0.25, -0.2) is 8.42 Å². The van der Waals surface area contributed by atoms with E-state index in [1.807, 2.05) is 0 Å². The van der Waals surface area contributed by atoms with Gasteiger partial charge < -0.3 is 9.47 Å². The number of carbonyl (C=O) groups excluding carboxylic acids is 2. The highest BCUT2D eigenvalue weighted by molar-refractivity contribution is 7.92. The Labute approximate surface area is 146 Å². The van der Waals surface area contributed by atoms with Gasteiger partial charge in [0.2, 0.25) is 0 Å². The molecule has 0 aliphatic heterocycles. The summed E-state index contributed by atoms with van der Waals surface area (Å²) in [5.41, 5.74) is 0.438. The Bertz CT molecular complexity index is 818. The van der Waals surface area contributed by atoms with Crippen LogP contribution in [0.5, 0.6) is 11.5 Å². The number of hydrogen-bond donors (Lipinski definition) is 0. The molecule has 0 atom stereocenters. The van der Waals surface area contributed by atoms with Gasteiger partial charge in [0.1, 0.15) is 23.0 Å². The number of benzene rings is 2. The molecule has 0 N–H and O–H groups in total. The fourth-order valence-electron chi connectivity index (χ4n) is 2.21. The van der Waals surface area contributed by atoms with Crippen molar-refractivity contribution in [1.29, 1.82) is 0 Å². The van der Waals surface area contributed by atoms with E-state index in [0.29, 0.717) is 11.5 Å². The van der Waals surface area contributed by atoms with Crippen molar-refractivity contribution in [3.05, 3.63) is 59.7 Å². The maximum atomic E-state index is 12.2. The van der Waals surface area contributed by atoms with Crippen molar-refractivity contribution in [3.63, 3.8) is 0 Å². The molecule has 0 saturated carbocycles. The summed E-state index contributed by atoms with van der Waals surface area (Å²) in [6, 6.07) is 12.4. The normalized spacial score (nSPS) is 11.0. The third kappa shape index (κ3) is 5.15. The molecule has 0 aromatic heterocycles. The van der Waals surface area contributed by atoms with Gasteiger partial charge in [-0.3, -0.25) is 9.59 Å². The van der Waals surface area contributed by atoms with Crippen LogP contribution in [-0.4, -0.2) is 45.7 Å². The second-order valence-corrected chi connectivity index (χ2v) is 7.41. The molecule has 0 radical (unpaired) electrons. The summed E-state index contributed by atoms with van der Waals surface area (Å²) < 4.78 is 34.4. The van der Waals surface area contributed by atoms with E-state index in [1.165, 1.54) is 38.5 Å². The smallest absolute Gasteiger partial charge is 0.178 e. The summed E-state index contributed by atoms with van der Waals surface area (Å²) in [4.78, 5) is 24.4. The van der Waals surface area contributed by atoms with Crippen molar-refractivity contribution in [2.24, 2.45) is 0 Å². The maximum Gasteiger partial charge on any atom is 0.178 e. The first-order chi connectivity index (χ1) is 11.8. The van der Waals surface area contributed by atoms with Gasteiger partial charge in [0.15, 0.2) is 21.4 Å². The van der Waals surface area contributed by atoms with Gasteiger partial charge >= 0.3 is 0 Å². The number of ketones is 2. The number of ether oxygens (including phenoxy) is 2. The molecule has 0 spiro atoms. The maximum absolute atomic E-state index is 12.2. The van der Waals surface area contributed by atoms with E-state index in [4.69, 9.17) is 9.47 Å². The molecule has 0 fully saturated rings. The number of Topliss-reactive ketones (excluding diaryl/α,β-unsaturated/α-hetero) is 2.